The number of hydrogen-bond acceptors (Lipinski definition) is 13. The number of sulfone groups is 1. The largest absolute Gasteiger partial charge is 0.415 e. The van der Waals surface area contributed by atoms with Gasteiger partial charge in [-0.05, 0) is 33.0 Å². The van der Waals surface area contributed by atoms with Crippen LogP contribution in [0.3, 0.4) is 0 Å². The molecule has 220 valence electrons. The molecular formula is C23H26ClF2N9O5S. The van der Waals surface area contributed by atoms with Crippen molar-refractivity contribution in [3.8, 4) is 5.88 Å². The third-order valence-electron chi connectivity index (χ3n) is 6.05. The zero-order valence-corrected chi connectivity index (χ0v) is 23.7. The smallest absolute Gasteiger partial charge is 0.388 e. The van der Waals surface area contributed by atoms with E-state index in [9.17, 15) is 27.3 Å². The second-order valence-electron chi connectivity index (χ2n) is 9.20. The Bertz CT molecular complexity index is 1540. The number of anilines is 5. The fourth-order valence-corrected chi connectivity index (χ4v) is 5.04. The van der Waals surface area contributed by atoms with Gasteiger partial charge in [0.15, 0.2) is 20.7 Å². The third kappa shape index (κ3) is 6.86. The van der Waals surface area contributed by atoms with Crippen LogP contribution in [0.5, 0.6) is 5.88 Å². The molecule has 4 heterocycles. The molecule has 2 N–H and O–H groups in total. The summed E-state index contributed by atoms with van der Waals surface area (Å²) in [4.78, 5) is 31.2. The maximum Gasteiger partial charge on any atom is 0.388 e. The first-order valence-electron chi connectivity index (χ1n) is 12.2. The molecular weight excluding hydrogens is 588 g/mol. The quantitative estimate of drug-likeness (QED) is 0.250. The van der Waals surface area contributed by atoms with Crippen molar-refractivity contribution in [2.45, 2.75) is 30.7 Å². The van der Waals surface area contributed by atoms with Crippen LogP contribution in [-0.4, -0.2) is 83.3 Å². The van der Waals surface area contributed by atoms with Crippen LogP contribution in [0.25, 0.3) is 0 Å². The summed E-state index contributed by atoms with van der Waals surface area (Å²) in [6.45, 7) is 1.71. The van der Waals surface area contributed by atoms with E-state index in [1.807, 2.05) is 11.9 Å². The molecule has 1 aliphatic rings. The SMILES string of the molecule is CC(C)S(=O)(=O)c1ncccc1Nc1nc(Nc2cc([N+](=O)[O-])c(N3CCN(C)CC3)nc2OC(F)F)ncc1Cl. The van der Waals surface area contributed by atoms with Gasteiger partial charge in [-0.1, -0.05) is 11.6 Å². The van der Waals surface area contributed by atoms with Gasteiger partial charge in [0.1, 0.15) is 10.7 Å². The van der Waals surface area contributed by atoms with Crippen LogP contribution >= 0.6 is 11.6 Å². The van der Waals surface area contributed by atoms with E-state index < -0.39 is 38.2 Å². The van der Waals surface area contributed by atoms with Gasteiger partial charge in [-0.15, -0.1) is 0 Å². The van der Waals surface area contributed by atoms with E-state index in [1.165, 1.54) is 38.4 Å². The van der Waals surface area contributed by atoms with E-state index in [-0.39, 0.29) is 39.0 Å². The summed E-state index contributed by atoms with van der Waals surface area (Å²) in [5.74, 6) is -0.994. The van der Waals surface area contributed by atoms with Crippen molar-refractivity contribution in [3.05, 3.63) is 45.7 Å². The van der Waals surface area contributed by atoms with E-state index in [4.69, 9.17) is 11.6 Å². The Balaban J connectivity index is 1.71. The minimum absolute atomic E-state index is 0.00845. The molecule has 0 radical (unpaired) electrons. The highest BCUT2D eigenvalue weighted by Gasteiger charge is 2.29. The van der Waals surface area contributed by atoms with Crippen molar-refractivity contribution in [1.29, 1.82) is 0 Å². The molecule has 0 bridgehead atoms. The number of halogens is 3. The van der Waals surface area contributed by atoms with Crippen LogP contribution in [-0.2, 0) is 9.84 Å². The molecule has 4 rings (SSSR count). The first-order chi connectivity index (χ1) is 19.4. The standard InChI is InChI=1S/C23H26ClF2N9O5S/c1-13(2)41(38,39)21-15(5-4-6-27-21)29-18-14(24)12-28-23(31-18)30-16-11-17(35(36)37)19(32-20(16)40-22(25)26)34-9-7-33(3)8-10-34/h4-6,11-13,22H,7-10H2,1-3H3,(H2,28,29,30,31). The molecule has 41 heavy (non-hydrogen) atoms. The molecule has 0 aliphatic carbocycles. The maximum absolute atomic E-state index is 13.3. The number of rotatable bonds is 10. The van der Waals surface area contributed by atoms with Crippen LogP contribution < -0.4 is 20.3 Å². The normalized spacial score (nSPS) is 14.4. The van der Waals surface area contributed by atoms with E-state index in [0.717, 1.165) is 6.07 Å². The highest BCUT2D eigenvalue weighted by Crippen LogP contribution is 2.37. The highest BCUT2D eigenvalue weighted by atomic mass is 35.5. The summed E-state index contributed by atoms with van der Waals surface area (Å²) < 4.78 is 56.8. The first kappa shape index (κ1) is 30.0. The third-order valence-corrected chi connectivity index (χ3v) is 8.44. The lowest BCUT2D eigenvalue weighted by Crippen LogP contribution is -2.45. The lowest BCUT2D eigenvalue weighted by atomic mass is 10.2. The van der Waals surface area contributed by atoms with Gasteiger partial charge in [0.25, 0.3) is 0 Å². The molecule has 0 unspecified atom stereocenters. The van der Waals surface area contributed by atoms with Crippen molar-refractivity contribution in [2.24, 2.45) is 0 Å². The molecule has 3 aromatic rings. The van der Waals surface area contributed by atoms with Crippen LogP contribution in [0.4, 0.5) is 43.4 Å². The van der Waals surface area contributed by atoms with Gasteiger partial charge in [0.05, 0.1) is 22.1 Å². The fourth-order valence-electron chi connectivity index (χ4n) is 3.82. The van der Waals surface area contributed by atoms with Crippen LogP contribution in [0.15, 0.2) is 35.6 Å². The Morgan fingerprint density at radius 3 is 2.46 bits per heavy atom. The Labute approximate surface area is 238 Å². The average molecular weight is 614 g/mol. The molecule has 1 aliphatic heterocycles. The fraction of sp³-hybridized carbons (Fsp3) is 0.391. The number of likely N-dealkylation sites (N-methyl/N-ethyl adjacent to an activating group) is 1. The number of nitrogens with one attached hydrogen (secondary N) is 2. The van der Waals surface area contributed by atoms with Gasteiger partial charge in [-0.25, -0.2) is 18.4 Å². The lowest BCUT2D eigenvalue weighted by Gasteiger charge is -2.33. The minimum Gasteiger partial charge on any atom is -0.415 e. The molecule has 3 aromatic heterocycles. The molecule has 1 fully saturated rings. The number of ether oxygens (including phenoxy) is 1. The molecule has 0 atom stereocenters. The number of nitrogens with zero attached hydrogens (tertiary/aromatic N) is 7. The number of aromatic nitrogens is 4. The second kappa shape index (κ2) is 12.3. The van der Waals surface area contributed by atoms with E-state index >= 15 is 0 Å². The number of alkyl halides is 2. The Kier molecular flexibility index (Phi) is 8.98. The molecule has 14 nitrogen and oxygen atoms in total. The van der Waals surface area contributed by atoms with Crippen molar-refractivity contribution in [1.82, 2.24) is 24.8 Å². The summed E-state index contributed by atoms with van der Waals surface area (Å²) in [6.07, 6.45) is 2.49. The minimum atomic E-state index is -3.79. The Morgan fingerprint density at radius 1 is 1.12 bits per heavy atom. The maximum atomic E-state index is 13.3. The predicted octanol–water partition coefficient (Wildman–Crippen LogP) is 3.85. The van der Waals surface area contributed by atoms with Crippen molar-refractivity contribution >= 4 is 56.1 Å². The first-order valence-corrected chi connectivity index (χ1v) is 14.1. The highest BCUT2D eigenvalue weighted by molar-refractivity contribution is 7.92. The van der Waals surface area contributed by atoms with E-state index in [0.29, 0.717) is 26.2 Å². The Hall–Kier alpha value is -3.96. The van der Waals surface area contributed by atoms with Gasteiger partial charge < -0.3 is 25.2 Å². The van der Waals surface area contributed by atoms with Gasteiger partial charge in [-0.3, -0.25) is 10.1 Å². The predicted molar refractivity (Wildman–Crippen MR) is 147 cm³/mol. The topological polar surface area (TPSA) is 169 Å². The summed E-state index contributed by atoms with van der Waals surface area (Å²) in [7, 11) is -1.89. The van der Waals surface area contributed by atoms with Crippen molar-refractivity contribution in [3.63, 3.8) is 0 Å². The molecule has 0 spiro atoms. The van der Waals surface area contributed by atoms with Crippen molar-refractivity contribution in [2.75, 3.05) is 48.8 Å². The monoisotopic (exact) mass is 613 g/mol. The number of piperazine rings is 1. The molecule has 0 amide bonds. The second-order valence-corrected chi connectivity index (χ2v) is 12.0. The average Bonchev–Trinajstić information content (AvgIpc) is 2.91. The number of hydrogen-bond donors (Lipinski definition) is 2. The number of pyridine rings is 2. The zero-order valence-electron chi connectivity index (χ0n) is 22.1. The summed E-state index contributed by atoms with van der Waals surface area (Å²) >= 11 is 6.24. The summed E-state index contributed by atoms with van der Waals surface area (Å²) in [6, 6.07) is 3.99. The van der Waals surface area contributed by atoms with Crippen LogP contribution in [0.2, 0.25) is 5.02 Å². The summed E-state index contributed by atoms with van der Waals surface area (Å²) in [5, 5.41) is 16.4. The molecule has 1 saturated heterocycles. The lowest BCUT2D eigenvalue weighted by molar-refractivity contribution is -0.384. The molecule has 0 aromatic carbocycles. The van der Waals surface area contributed by atoms with Crippen LogP contribution in [0.1, 0.15) is 13.8 Å². The van der Waals surface area contributed by atoms with Crippen LogP contribution in [0, 0.1) is 10.1 Å². The van der Waals surface area contributed by atoms with Gasteiger partial charge in [0, 0.05) is 38.4 Å². The number of nitro groups is 1. The van der Waals surface area contributed by atoms with Gasteiger partial charge in [0.2, 0.25) is 17.6 Å². The Morgan fingerprint density at radius 2 is 1.83 bits per heavy atom. The molecule has 0 saturated carbocycles. The van der Waals surface area contributed by atoms with Gasteiger partial charge >= 0.3 is 12.3 Å². The zero-order chi connectivity index (χ0) is 29.9. The van der Waals surface area contributed by atoms with E-state index in [2.05, 4.69) is 35.3 Å². The van der Waals surface area contributed by atoms with Gasteiger partial charge in [-0.2, -0.15) is 18.7 Å². The van der Waals surface area contributed by atoms with Crippen molar-refractivity contribution < 1.29 is 26.9 Å². The molecule has 18 heteroatoms. The summed E-state index contributed by atoms with van der Waals surface area (Å²) in [5.41, 5.74) is -0.652. The van der Waals surface area contributed by atoms with E-state index in [1.54, 1.807) is 4.90 Å².